The lowest BCUT2D eigenvalue weighted by Gasteiger charge is -1.98. The summed E-state index contributed by atoms with van der Waals surface area (Å²) in [6, 6.07) is 0. The Balaban J connectivity index is 2.22. The Bertz CT molecular complexity index is 233. The second kappa shape index (κ2) is 4.48. The van der Waals surface area contributed by atoms with Crippen LogP contribution in [-0.2, 0) is 11.3 Å². The van der Waals surface area contributed by atoms with Crippen LogP contribution in [0.15, 0.2) is 10.8 Å². The van der Waals surface area contributed by atoms with E-state index in [2.05, 4.69) is 15.5 Å². The minimum atomic E-state index is 0.00991. The molecule has 1 N–H and O–H groups in total. The van der Waals surface area contributed by atoms with E-state index in [9.17, 15) is 4.79 Å². The largest absolute Gasteiger partial charge is 0.426 e. The molecule has 5 nitrogen and oxygen atoms in total. The van der Waals surface area contributed by atoms with Gasteiger partial charge in [0.15, 0.2) is 0 Å². The van der Waals surface area contributed by atoms with Gasteiger partial charge in [-0.15, -0.1) is 10.2 Å². The third-order valence-corrected chi connectivity index (χ3v) is 1.32. The number of carbonyl (C=O) groups excluding carboxylic acids is 1. The second-order valence-electron chi connectivity index (χ2n) is 2.36. The topological polar surface area (TPSA) is 68.0 Å². The Morgan fingerprint density at radius 2 is 2.58 bits per heavy atom. The Kier molecular flexibility index (Phi) is 3.25. The summed E-state index contributed by atoms with van der Waals surface area (Å²) < 4.78 is 4.83. The van der Waals surface area contributed by atoms with Crippen molar-refractivity contribution in [1.82, 2.24) is 15.5 Å². The van der Waals surface area contributed by atoms with E-state index in [-0.39, 0.29) is 5.91 Å². The van der Waals surface area contributed by atoms with E-state index in [1.165, 1.54) is 6.39 Å². The molecule has 0 fully saturated rings. The number of nitrogens with zero attached hydrogens (tertiary/aromatic N) is 2. The standard InChI is InChI=1S/C7H11N3O2/c1-2-3-6(11)8-4-7-10-9-5-12-7/h5H,2-4H2,1H3,(H,8,11). The molecular formula is C7H11N3O2. The monoisotopic (exact) mass is 169 g/mol. The van der Waals surface area contributed by atoms with E-state index in [1.54, 1.807) is 0 Å². The first-order valence-corrected chi connectivity index (χ1v) is 3.84. The van der Waals surface area contributed by atoms with Crippen molar-refractivity contribution >= 4 is 5.91 Å². The van der Waals surface area contributed by atoms with Gasteiger partial charge in [0.25, 0.3) is 0 Å². The van der Waals surface area contributed by atoms with Crippen molar-refractivity contribution in [2.24, 2.45) is 0 Å². The highest BCUT2D eigenvalue weighted by Gasteiger charge is 2.01. The van der Waals surface area contributed by atoms with Gasteiger partial charge in [-0.2, -0.15) is 0 Å². The molecule has 1 amide bonds. The molecule has 0 aliphatic carbocycles. The van der Waals surface area contributed by atoms with Crippen molar-refractivity contribution in [3.05, 3.63) is 12.3 Å². The van der Waals surface area contributed by atoms with Crippen LogP contribution in [0.5, 0.6) is 0 Å². The number of aromatic nitrogens is 2. The zero-order valence-corrected chi connectivity index (χ0v) is 6.91. The average Bonchev–Trinajstić information content (AvgIpc) is 2.53. The Morgan fingerprint density at radius 3 is 3.17 bits per heavy atom. The van der Waals surface area contributed by atoms with Gasteiger partial charge < -0.3 is 9.73 Å². The maximum Gasteiger partial charge on any atom is 0.235 e. The summed E-state index contributed by atoms with van der Waals surface area (Å²) in [5.41, 5.74) is 0. The minimum Gasteiger partial charge on any atom is -0.426 e. The summed E-state index contributed by atoms with van der Waals surface area (Å²) in [5, 5.41) is 9.75. The minimum absolute atomic E-state index is 0.00991. The van der Waals surface area contributed by atoms with Gasteiger partial charge in [-0.05, 0) is 6.42 Å². The number of amides is 1. The molecule has 0 atom stereocenters. The molecule has 0 aromatic carbocycles. The summed E-state index contributed by atoms with van der Waals surface area (Å²) in [6.45, 7) is 2.27. The molecule has 1 rings (SSSR count). The summed E-state index contributed by atoms with van der Waals surface area (Å²) in [4.78, 5) is 10.9. The van der Waals surface area contributed by atoms with Crippen molar-refractivity contribution in [3.63, 3.8) is 0 Å². The molecule has 0 unspecified atom stereocenters. The van der Waals surface area contributed by atoms with Crippen molar-refractivity contribution in [2.75, 3.05) is 0 Å². The molecule has 0 saturated heterocycles. The molecule has 66 valence electrons. The number of rotatable bonds is 4. The van der Waals surface area contributed by atoms with Crippen LogP contribution in [0.4, 0.5) is 0 Å². The lowest BCUT2D eigenvalue weighted by atomic mass is 10.3. The summed E-state index contributed by atoms with van der Waals surface area (Å²) in [6.07, 6.45) is 2.62. The van der Waals surface area contributed by atoms with Crippen molar-refractivity contribution < 1.29 is 9.21 Å². The van der Waals surface area contributed by atoms with Crippen LogP contribution in [0.25, 0.3) is 0 Å². The van der Waals surface area contributed by atoms with E-state index in [4.69, 9.17) is 4.42 Å². The second-order valence-corrected chi connectivity index (χ2v) is 2.36. The van der Waals surface area contributed by atoms with Crippen LogP contribution < -0.4 is 5.32 Å². The molecule has 0 aliphatic heterocycles. The molecular weight excluding hydrogens is 158 g/mol. The van der Waals surface area contributed by atoms with E-state index in [0.29, 0.717) is 18.9 Å². The summed E-state index contributed by atoms with van der Waals surface area (Å²) >= 11 is 0. The number of hydrogen-bond acceptors (Lipinski definition) is 4. The molecule has 5 heteroatoms. The fourth-order valence-corrected chi connectivity index (χ4v) is 0.763. The van der Waals surface area contributed by atoms with E-state index < -0.39 is 0 Å². The number of nitrogens with one attached hydrogen (secondary N) is 1. The van der Waals surface area contributed by atoms with Crippen LogP contribution in [0.1, 0.15) is 25.7 Å². The van der Waals surface area contributed by atoms with Gasteiger partial charge in [0.2, 0.25) is 18.2 Å². The maximum atomic E-state index is 10.9. The van der Waals surface area contributed by atoms with Crippen LogP contribution >= 0.6 is 0 Å². The van der Waals surface area contributed by atoms with Crippen molar-refractivity contribution in [2.45, 2.75) is 26.3 Å². The molecule has 0 aliphatic rings. The molecule has 0 bridgehead atoms. The summed E-state index contributed by atoms with van der Waals surface area (Å²) in [5.74, 6) is 0.440. The predicted octanol–water partition coefficient (Wildman–Crippen LogP) is 0.486. The maximum absolute atomic E-state index is 10.9. The third-order valence-electron chi connectivity index (χ3n) is 1.32. The molecule has 1 aromatic rings. The quantitative estimate of drug-likeness (QED) is 0.712. The molecule has 0 spiro atoms. The van der Waals surface area contributed by atoms with Crippen molar-refractivity contribution in [1.29, 1.82) is 0 Å². The summed E-state index contributed by atoms with van der Waals surface area (Å²) in [7, 11) is 0. The van der Waals surface area contributed by atoms with Gasteiger partial charge in [-0.3, -0.25) is 4.79 Å². The molecule has 0 saturated carbocycles. The smallest absolute Gasteiger partial charge is 0.235 e. The van der Waals surface area contributed by atoms with E-state index >= 15 is 0 Å². The van der Waals surface area contributed by atoms with Gasteiger partial charge in [-0.25, -0.2) is 0 Å². The first-order valence-electron chi connectivity index (χ1n) is 3.84. The van der Waals surface area contributed by atoms with Gasteiger partial charge in [0, 0.05) is 6.42 Å². The predicted molar refractivity (Wildman–Crippen MR) is 41.1 cm³/mol. The molecule has 0 radical (unpaired) electrons. The first kappa shape index (κ1) is 8.70. The van der Waals surface area contributed by atoms with E-state index in [1.807, 2.05) is 6.92 Å². The van der Waals surface area contributed by atoms with Gasteiger partial charge in [0.1, 0.15) is 0 Å². The van der Waals surface area contributed by atoms with Crippen molar-refractivity contribution in [3.8, 4) is 0 Å². The third kappa shape index (κ3) is 2.69. The highest BCUT2D eigenvalue weighted by molar-refractivity contribution is 5.75. The normalized spacial score (nSPS) is 9.75. The Labute approximate surface area is 70.2 Å². The molecule has 1 aromatic heterocycles. The Hall–Kier alpha value is -1.39. The molecule has 1 heterocycles. The first-order chi connectivity index (χ1) is 5.83. The highest BCUT2D eigenvalue weighted by Crippen LogP contribution is 1.91. The van der Waals surface area contributed by atoms with Gasteiger partial charge in [-0.1, -0.05) is 6.92 Å². The Morgan fingerprint density at radius 1 is 1.75 bits per heavy atom. The zero-order chi connectivity index (χ0) is 8.81. The van der Waals surface area contributed by atoms with Gasteiger partial charge >= 0.3 is 0 Å². The van der Waals surface area contributed by atoms with Crippen LogP contribution in [0, 0.1) is 0 Å². The van der Waals surface area contributed by atoms with Crippen LogP contribution in [-0.4, -0.2) is 16.1 Å². The number of hydrogen-bond donors (Lipinski definition) is 1. The van der Waals surface area contributed by atoms with Crippen LogP contribution in [0.3, 0.4) is 0 Å². The van der Waals surface area contributed by atoms with E-state index in [0.717, 1.165) is 6.42 Å². The SMILES string of the molecule is CCCC(=O)NCc1nnco1. The fraction of sp³-hybridized carbons (Fsp3) is 0.571. The highest BCUT2D eigenvalue weighted by atomic mass is 16.4. The molecule has 12 heavy (non-hydrogen) atoms. The average molecular weight is 169 g/mol. The van der Waals surface area contributed by atoms with Gasteiger partial charge in [0.05, 0.1) is 6.54 Å². The van der Waals surface area contributed by atoms with Crippen LogP contribution in [0.2, 0.25) is 0 Å². The fourth-order valence-electron chi connectivity index (χ4n) is 0.763. The number of carbonyl (C=O) groups is 1. The zero-order valence-electron chi connectivity index (χ0n) is 6.91. The lowest BCUT2D eigenvalue weighted by molar-refractivity contribution is -0.121. The lowest BCUT2D eigenvalue weighted by Crippen LogP contribution is -2.22.